The number of rotatable bonds is 7. The number of nitrogens with zero attached hydrogens (tertiary/aromatic N) is 4. The summed E-state index contributed by atoms with van der Waals surface area (Å²) in [6, 6.07) is 16.2. The lowest BCUT2D eigenvalue weighted by Crippen LogP contribution is -2.23. The summed E-state index contributed by atoms with van der Waals surface area (Å²) in [7, 11) is 0. The van der Waals surface area contributed by atoms with Gasteiger partial charge in [0.25, 0.3) is 0 Å². The molecule has 0 bridgehead atoms. The molecule has 0 fully saturated rings. The van der Waals surface area contributed by atoms with Gasteiger partial charge in [-0.2, -0.15) is 0 Å². The van der Waals surface area contributed by atoms with Gasteiger partial charge in [-0.3, -0.25) is 19.1 Å². The first kappa shape index (κ1) is 23.7. The van der Waals surface area contributed by atoms with Crippen molar-refractivity contribution in [3.63, 3.8) is 0 Å². The Morgan fingerprint density at radius 1 is 1.03 bits per heavy atom. The normalized spacial score (nSPS) is 11.8. The Morgan fingerprint density at radius 3 is 2.41 bits per heavy atom. The largest absolute Gasteiger partial charge is 0.325 e. The smallest absolute Gasteiger partial charge is 0.237 e. The molecule has 1 amide bonds. The number of carbonyl (C=O) groups is 2. The van der Waals surface area contributed by atoms with E-state index in [4.69, 9.17) is 11.6 Å². The number of hydrogen-bond donors (Lipinski definition) is 1. The van der Waals surface area contributed by atoms with E-state index in [-0.39, 0.29) is 11.7 Å². The van der Waals surface area contributed by atoms with Crippen molar-refractivity contribution in [3.8, 4) is 17.1 Å². The Labute approximate surface area is 206 Å². The van der Waals surface area contributed by atoms with E-state index in [1.54, 1.807) is 43.6 Å². The van der Waals surface area contributed by atoms with Crippen LogP contribution in [0.15, 0.2) is 72.1 Å². The van der Waals surface area contributed by atoms with Crippen LogP contribution in [0.2, 0.25) is 5.02 Å². The number of pyridine rings is 1. The van der Waals surface area contributed by atoms with Crippen molar-refractivity contribution >= 4 is 40.7 Å². The van der Waals surface area contributed by atoms with Crippen molar-refractivity contribution in [2.24, 2.45) is 0 Å². The van der Waals surface area contributed by atoms with E-state index < -0.39 is 5.25 Å². The fourth-order valence-corrected chi connectivity index (χ4v) is 4.36. The third-order valence-electron chi connectivity index (χ3n) is 5.26. The van der Waals surface area contributed by atoms with Gasteiger partial charge in [0.15, 0.2) is 16.8 Å². The maximum atomic E-state index is 12.9. The molecule has 0 saturated carbocycles. The van der Waals surface area contributed by atoms with Crippen molar-refractivity contribution in [2.45, 2.75) is 31.2 Å². The number of nitrogens with one attached hydrogen (secondary N) is 1. The molecule has 4 rings (SSSR count). The van der Waals surface area contributed by atoms with Crippen LogP contribution in [-0.4, -0.2) is 36.7 Å². The van der Waals surface area contributed by atoms with Crippen LogP contribution in [-0.2, 0) is 4.79 Å². The minimum absolute atomic E-state index is 0.0255. The Hall–Kier alpha value is -3.49. The van der Waals surface area contributed by atoms with E-state index in [2.05, 4.69) is 20.5 Å². The monoisotopic (exact) mass is 491 g/mol. The topological polar surface area (TPSA) is 89.8 Å². The Kier molecular flexibility index (Phi) is 7.09. The van der Waals surface area contributed by atoms with E-state index in [1.165, 1.54) is 18.7 Å². The number of hydrogen-bond acceptors (Lipinski definition) is 6. The summed E-state index contributed by atoms with van der Waals surface area (Å²) in [5.41, 5.74) is 3.76. The van der Waals surface area contributed by atoms with E-state index in [0.29, 0.717) is 27.3 Å². The fraction of sp³-hybridized carbons (Fsp3) is 0.160. The summed E-state index contributed by atoms with van der Waals surface area (Å²) in [6.45, 7) is 5.24. The van der Waals surface area contributed by atoms with Crippen LogP contribution in [0, 0.1) is 6.92 Å². The van der Waals surface area contributed by atoms with Crippen LogP contribution in [0.3, 0.4) is 0 Å². The first-order chi connectivity index (χ1) is 16.3. The molecule has 172 valence electrons. The molecule has 0 aliphatic carbocycles. The Balaban J connectivity index is 1.63. The highest BCUT2D eigenvalue weighted by Crippen LogP contribution is 2.33. The lowest BCUT2D eigenvalue weighted by Gasteiger charge is -2.16. The van der Waals surface area contributed by atoms with Crippen molar-refractivity contribution in [2.75, 3.05) is 5.32 Å². The van der Waals surface area contributed by atoms with E-state index in [1.807, 2.05) is 41.8 Å². The summed E-state index contributed by atoms with van der Waals surface area (Å²) in [4.78, 5) is 28.4. The number of Topliss-reactive ketones (excluding diaryl/α,β-unsaturated/α-hetero) is 1. The lowest BCUT2D eigenvalue weighted by atomic mass is 10.1. The van der Waals surface area contributed by atoms with Gasteiger partial charge in [-0.15, -0.1) is 10.2 Å². The quantitative estimate of drug-likeness (QED) is 0.267. The molecule has 9 heteroatoms. The van der Waals surface area contributed by atoms with Crippen LogP contribution >= 0.6 is 23.4 Å². The standard InChI is InChI=1S/C25H22ClN5O2S/c1-15-21(26)5-4-6-22(15)31-23(19-11-13-27-14-12-19)29-30-25(31)34-17(3)24(33)28-20-9-7-18(8-10-20)16(2)32/h4-14,17H,1-3H3,(H,28,33). The Bertz CT molecular complexity index is 1340. The molecule has 0 spiro atoms. The number of halogens is 1. The van der Waals surface area contributed by atoms with Crippen molar-refractivity contribution in [3.05, 3.63) is 83.1 Å². The molecule has 1 atom stereocenters. The second-order valence-corrected chi connectivity index (χ2v) is 9.36. The van der Waals surface area contributed by atoms with Crippen molar-refractivity contribution in [1.29, 1.82) is 0 Å². The number of benzene rings is 2. The van der Waals surface area contributed by atoms with Gasteiger partial charge in [-0.1, -0.05) is 29.4 Å². The molecule has 34 heavy (non-hydrogen) atoms. The SMILES string of the molecule is CC(=O)c1ccc(NC(=O)C(C)Sc2nnc(-c3ccncc3)n2-c2cccc(Cl)c2C)cc1. The Morgan fingerprint density at radius 2 is 1.74 bits per heavy atom. The zero-order chi connectivity index (χ0) is 24.2. The van der Waals surface area contributed by atoms with Crippen LogP contribution in [0.1, 0.15) is 29.8 Å². The second kappa shape index (κ2) is 10.2. The molecule has 2 aromatic carbocycles. The maximum absolute atomic E-state index is 12.9. The summed E-state index contributed by atoms with van der Waals surface area (Å²) < 4.78 is 1.91. The van der Waals surface area contributed by atoms with Gasteiger partial charge in [0.2, 0.25) is 5.91 Å². The average Bonchev–Trinajstić information content (AvgIpc) is 3.25. The van der Waals surface area contributed by atoms with Crippen LogP contribution in [0.5, 0.6) is 0 Å². The van der Waals surface area contributed by atoms with Gasteiger partial charge >= 0.3 is 0 Å². The van der Waals surface area contributed by atoms with Crippen molar-refractivity contribution < 1.29 is 9.59 Å². The highest BCUT2D eigenvalue weighted by Gasteiger charge is 2.23. The highest BCUT2D eigenvalue weighted by atomic mass is 35.5. The molecular weight excluding hydrogens is 470 g/mol. The number of aromatic nitrogens is 4. The highest BCUT2D eigenvalue weighted by molar-refractivity contribution is 8.00. The van der Waals surface area contributed by atoms with E-state index >= 15 is 0 Å². The molecule has 0 saturated heterocycles. The minimum Gasteiger partial charge on any atom is -0.325 e. The number of thioether (sulfide) groups is 1. The van der Waals surface area contributed by atoms with Crippen LogP contribution in [0.25, 0.3) is 17.1 Å². The summed E-state index contributed by atoms with van der Waals surface area (Å²) in [5, 5.41) is 12.4. The van der Waals surface area contributed by atoms with Gasteiger partial charge in [-0.05, 0) is 74.9 Å². The fourth-order valence-electron chi connectivity index (χ4n) is 3.33. The number of carbonyl (C=O) groups excluding carboxylic acids is 2. The predicted octanol–water partition coefficient (Wildman–Crippen LogP) is 5.61. The molecule has 2 aromatic heterocycles. The molecular formula is C25H22ClN5O2S. The lowest BCUT2D eigenvalue weighted by molar-refractivity contribution is -0.115. The van der Waals surface area contributed by atoms with Gasteiger partial charge in [0, 0.05) is 34.2 Å². The second-order valence-electron chi connectivity index (χ2n) is 7.64. The molecule has 0 radical (unpaired) electrons. The summed E-state index contributed by atoms with van der Waals surface area (Å²) in [5.74, 6) is 0.411. The number of anilines is 1. The van der Waals surface area contributed by atoms with Gasteiger partial charge in [-0.25, -0.2) is 0 Å². The molecule has 1 N–H and O–H groups in total. The average molecular weight is 492 g/mol. The molecule has 0 aliphatic rings. The molecule has 1 unspecified atom stereocenters. The summed E-state index contributed by atoms with van der Waals surface area (Å²) in [6.07, 6.45) is 3.39. The predicted molar refractivity (Wildman–Crippen MR) is 135 cm³/mol. The van der Waals surface area contributed by atoms with Gasteiger partial charge in [0.1, 0.15) is 0 Å². The zero-order valence-corrected chi connectivity index (χ0v) is 20.4. The van der Waals surface area contributed by atoms with Gasteiger partial charge in [0.05, 0.1) is 10.9 Å². The minimum atomic E-state index is -0.472. The van der Waals surface area contributed by atoms with Crippen LogP contribution < -0.4 is 5.32 Å². The molecule has 0 aliphatic heterocycles. The van der Waals surface area contributed by atoms with E-state index in [0.717, 1.165) is 16.8 Å². The molecule has 4 aromatic rings. The molecule has 2 heterocycles. The third-order valence-corrected chi connectivity index (χ3v) is 6.71. The third kappa shape index (κ3) is 5.03. The first-order valence-electron chi connectivity index (χ1n) is 10.5. The zero-order valence-electron chi connectivity index (χ0n) is 18.8. The van der Waals surface area contributed by atoms with E-state index in [9.17, 15) is 9.59 Å². The van der Waals surface area contributed by atoms with Gasteiger partial charge < -0.3 is 5.32 Å². The molecule has 7 nitrogen and oxygen atoms in total. The first-order valence-corrected chi connectivity index (χ1v) is 11.8. The van der Waals surface area contributed by atoms with Crippen LogP contribution in [0.4, 0.5) is 5.69 Å². The summed E-state index contributed by atoms with van der Waals surface area (Å²) >= 11 is 7.70. The van der Waals surface area contributed by atoms with Crippen molar-refractivity contribution in [1.82, 2.24) is 19.7 Å². The maximum Gasteiger partial charge on any atom is 0.237 e. The number of amides is 1. The number of ketones is 1.